The molecule has 0 radical (unpaired) electrons. The zero-order valence-corrected chi connectivity index (χ0v) is 19.0. The second kappa shape index (κ2) is 13.3. The van der Waals surface area contributed by atoms with Gasteiger partial charge in [-0.25, -0.2) is 9.59 Å². The first-order valence-corrected chi connectivity index (χ1v) is 11.1. The second-order valence-electron chi connectivity index (χ2n) is 8.81. The Morgan fingerprint density at radius 3 is 2.10 bits per heavy atom. The minimum Gasteiger partial charge on any atom is -0.494 e. The monoisotopic (exact) mass is 421 g/mol. The molecule has 1 fully saturated rings. The predicted octanol–water partition coefficient (Wildman–Crippen LogP) is 4.81. The highest BCUT2D eigenvalue weighted by molar-refractivity contribution is 6.27. The van der Waals surface area contributed by atoms with Crippen LogP contribution >= 0.6 is 0 Å². The second-order valence-corrected chi connectivity index (χ2v) is 8.81. The lowest BCUT2D eigenvalue weighted by atomic mass is 9.82. The Bertz CT molecular complexity index is 622. The maximum atomic E-state index is 9.10. The van der Waals surface area contributed by atoms with Crippen LogP contribution in [0, 0.1) is 5.92 Å². The van der Waals surface area contributed by atoms with Crippen molar-refractivity contribution in [1.29, 1.82) is 0 Å². The van der Waals surface area contributed by atoms with Crippen molar-refractivity contribution >= 4 is 11.9 Å². The van der Waals surface area contributed by atoms with Crippen molar-refractivity contribution in [1.82, 2.24) is 4.90 Å². The maximum Gasteiger partial charge on any atom is 0.414 e. The van der Waals surface area contributed by atoms with E-state index in [2.05, 4.69) is 56.9 Å². The van der Waals surface area contributed by atoms with E-state index >= 15 is 0 Å². The normalized spacial score (nSPS) is 15.2. The number of hydrogen-bond donors (Lipinski definition) is 2. The zero-order valence-electron chi connectivity index (χ0n) is 19.0. The first-order chi connectivity index (χ1) is 14.2. The largest absolute Gasteiger partial charge is 0.494 e. The average molecular weight is 422 g/mol. The molecule has 1 saturated heterocycles. The van der Waals surface area contributed by atoms with Crippen molar-refractivity contribution in [2.45, 2.75) is 71.6 Å². The topological polar surface area (TPSA) is 87.1 Å². The van der Waals surface area contributed by atoms with Gasteiger partial charge in [0.1, 0.15) is 5.75 Å². The molecule has 0 unspecified atom stereocenters. The standard InChI is InChI=1S/C22H37NO.C2H2O4/c1-5-22(3,4)20-9-11-21(12-10-20)24-18-8-6-7-15-23-16-13-19(2)14-17-23;3-1(4)2(5)6/h9-12,19H,5-8,13-18H2,1-4H3;(H,3,4)(H,5,6). The minimum atomic E-state index is -1.82. The third-order valence-electron chi connectivity index (χ3n) is 5.97. The number of benzene rings is 1. The fourth-order valence-electron chi connectivity index (χ4n) is 3.30. The van der Waals surface area contributed by atoms with Gasteiger partial charge in [-0.05, 0) is 87.2 Å². The molecular weight excluding hydrogens is 382 g/mol. The van der Waals surface area contributed by atoms with E-state index in [0.29, 0.717) is 0 Å². The first-order valence-electron chi connectivity index (χ1n) is 11.1. The molecule has 1 aromatic carbocycles. The van der Waals surface area contributed by atoms with E-state index in [1.165, 1.54) is 50.9 Å². The van der Waals surface area contributed by atoms with Crippen LogP contribution in [0.4, 0.5) is 0 Å². The van der Waals surface area contributed by atoms with E-state index in [4.69, 9.17) is 24.5 Å². The van der Waals surface area contributed by atoms with Crippen molar-refractivity contribution in [3.63, 3.8) is 0 Å². The summed E-state index contributed by atoms with van der Waals surface area (Å²) >= 11 is 0. The highest BCUT2D eigenvalue weighted by atomic mass is 16.5. The molecule has 6 heteroatoms. The van der Waals surface area contributed by atoms with Crippen molar-refractivity contribution < 1.29 is 24.5 Å². The third-order valence-corrected chi connectivity index (χ3v) is 5.97. The molecule has 30 heavy (non-hydrogen) atoms. The van der Waals surface area contributed by atoms with Gasteiger partial charge in [0.2, 0.25) is 0 Å². The van der Waals surface area contributed by atoms with Crippen molar-refractivity contribution in [2.75, 3.05) is 26.2 Å². The zero-order chi connectivity index (χ0) is 22.6. The van der Waals surface area contributed by atoms with Crippen LogP contribution in [0.2, 0.25) is 0 Å². The number of ether oxygens (including phenoxy) is 1. The molecule has 0 bridgehead atoms. The minimum absolute atomic E-state index is 0.255. The third kappa shape index (κ3) is 10.1. The van der Waals surface area contributed by atoms with E-state index in [1.54, 1.807) is 0 Å². The smallest absolute Gasteiger partial charge is 0.414 e. The van der Waals surface area contributed by atoms with Crippen molar-refractivity contribution in [3.05, 3.63) is 29.8 Å². The number of rotatable bonds is 9. The number of carboxylic acid groups (broad SMARTS) is 2. The summed E-state index contributed by atoms with van der Waals surface area (Å²) in [7, 11) is 0. The Kier molecular flexibility index (Phi) is 11.5. The van der Waals surface area contributed by atoms with Gasteiger partial charge in [0.25, 0.3) is 0 Å². The Labute approximate surface area is 181 Å². The summed E-state index contributed by atoms with van der Waals surface area (Å²) in [5.41, 5.74) is 1.65. The summed E-state index contributed by atoms with van der Waals surface area (Å²) in [5.74, 6) is -1.70. The average Bonchev–Trinajstić information content (AvgIpc) is 2.72. The van der Waals surface area contributed by atoms with E-state index in [9.17, 15) is 0 Å². The molecule has 0 atom stereocenters. The highest BCUT2D eigenvalue weighted by Crippen LogP contribution is 2.28. The number of nitrogens with zero attached hydrogens (tertiary/aromatic N) is 1. The van der Waals surface area contributed by atoms with Gasteiger partial charge in [-0.2, -0.15) is 0 Å². The summed E-state index contributed by atoms with van der Waals surface area (Å²) in [6.07, 6.45) is 7.66. The van der Waals surface area contributed by atoms with Gasteiger partial charge in [0.05, 0.1) is 6.61 Å². The number of hydrogen-bond acceptors (Lipinski definition) is 4. The molecule has 0 aromatic heterocycles. The van der Waals surface area contributed by atoms with Gasteiger partial charge in [-0.1, -0.05) is 39.8 Å². The van der Waals surface area contributed by atoms with E-state index in [1.807, 2.05) is 0 Å². The Morgan fingerprint density at radius 2 is 1.60 bits per heavy atom. The van der Waals surface area contributed by atoms with Crippen LogP contribution in [0.3, 0.4) is 0 Å². The molecule has 170 valence electrons. The van der Waals surface area contributed by atoms with Crippen LogP contribution in [0.15, 0.2) is 24.3 Å². The van der Waals surface area contributed by atoms with E-state index in [-0.39, 0.29) is 5.41 Å². The van der Waals surface area contributed by atoms with Crippen LogP contribution in [0.25, 0.3) is 0 Å². The van der Waals surface area contributed by atoms with Gasteiger partial charge in [-0.15, -0.1) is 0 Å². The van der Waals surface area contributed by atoms with Crippen molar-refractivity contribution in [2.24, 2.45) is 5.92 Å². The molecule has 2 rings (SSSR count). The van der Waals surface area contributed by atoms with Gasteiger partial charge >= 0.3 is 11.9 Å². The Balaban J connectivity index is 0.000000656. The number of piperidine rings is 1. The molecule has 0 spiro atoms. The molecule has 2 N–H and O–H groups in total. The van der Waals surface area contributed by atoms with Crippen LogP contribution in [0.5, 0.6) is 5.75 Å². The molecule has 0 saturated carbocycles. The van der Waals surface area contributed by atoms with Gasteiger partial charge in [0, 0.05) is 0 Å². The number of likely N-dealkylation sites (tertiary alicyclic amines) is 1. The highest BCUT2D eigenvalue weighted by Gasteiger charge is 2.17. The molecule has 1 aliphatic heterocycles. The number of aliphatic carboxylic acids is 2. The van der Waals surface area contributed by atoms with Crippen LogP contribution < -0.4 is 4.74 Å². The van der Waals surface area contributed by atoms with Gasteiger partial charge in [-0.3, -0.25) is 0 Å². The predicted molar refractivity (Wildman–Crippen MR) is 119 cm³/mol. The Hall–Kier alpha value is -2.08. The van der Waals surface area contributed by atoms with Crippen LogP contribution in [-0.4, -0.2) is 53.3 Å². The number of carbonyl (C=O) groups is 2. The fraction of sp³-hybridized carbons (Fsp3) is 0.667. The summed E-state index contributed by atoms with van der Waals surface area (Å²) in [4.78, 5) is 20.8. The van der Waals surface area contributed by atoms with Crippen molar-refractivity contribution in [3.8, 4) is 5.75 Å². The molecule has 0 aliphatic carbocycles. The van der Waals surface area contributed by atoms with Crippen LogP contribution in [-0.2, 0) is 15.0 Å². The van der Waals surface area contributed by atoms with E-state index in [0.717, 1.165) is 31.1 Å². The molecule has 1 aromatic rings. The lowest BCUT2D eigenvalue weighted by molar-refractivity contribution is -0.159. The summed E-state index contributed by atoms with van der Waals surface area (Å²) in [6.45, 7) is 13.9. The maximum absolute atomic E-state index is 9.10. The lowest BCUT2D eigenvalue weighted by Gasteiger charge is -2.30. The van der Waals surface area contributed by atoms with Gasteiger partial charge < -0.3 is 19.8 Å². The molecule has 1 heterocycles. The molecule has 1 aliphatic rings. The summed E-state index contributed by atoms with van der Waals surface area (Å²) < 4.78 is 5.90. The Morgan fingerprint density at radius 1 is 1.03 bits per heavy atom. The number of unbranched alkanes of at least 4 members (excludes halogenated alkanes) is 2. The molecule has 6 nitrogen and oxygen atoms in total. The molecular formula is C24H39NO5. The molecule has 0 amide bonds. The summed E-state index contributed by atoms with van der Waals surface area (Å²) in [5, 5.41) is 14.8. The summed E-state index contributed by atoms with van der Waals surface area (Å²) in [6, 6.07) is 8.69. The van der Waals surface area contributed by atoms with E-state index < -0.39 is 11.9 Å². The fourth-order valence-corrected chi connectivity index (χ4v) is 3.30. The van der Waals surface area contributed by atoms with Gasteiger partial charge in [0.15, 0.2) is 0 Å². The van der Waals surface area contributed by atoms with Crippen LogP contribution in [0.1, 0.15) is 71.8 Å². The quantitative estimate of drug-likeness (QED) is 0.439. The SMILES string of the molecule is CCC(C)(C)c1ccc(OCCCCCN2CCC(C)CC2)cc1.O=C(O)C(=O)O. The number of carboxylic acids is 2. The lowest BCUT2D eigenvalue weighted by Crippen LogP contribution is -2.33. The first kappa shape index (κ1) is 26.0.